The fourth-order valence-electron chi connectivity index (χ4n) is 0.688. The molecular formula is C6H7BrN2O3. The smallest absolute Gasteiger partial charge is 0.341 e. The molecule has 0 radical (unpaired) electrons. The van der Waals surface area contributed by atoms with E-state index in [0.29, 0.717) is 10.5 Å². The van der Waals surface area contributed by atoms with Gasteiger partial charge in [0.15, 0.2) is 6.61 Å². The number of halogens is 1. The predicted molar refractivity (Wildman–Crippen MR) is 44.0 cm³/mol. The van der Waals surface area contributed by atoms with E-state index in [2.05, 4.69) is 21.0 Å². The van der Waals surface area contributed by atoms with Gasteiger partial charge in [-0.15, -0.1) is 0 Å². The Bertz CT molecular complexity index is 297. The maximum Gasteiger partial charge on any atom is 0.341 e. The van der Waals surface area contributed by atoms with E-state index in [-0.39, 0.29) is 6.61 Å². The van der Waals surface area contributed by atoms with Crippen molar-refractivity contribution >= 4 is 21.9 Å². The third-order valence-corrected chi connectivity index (χ3v) is 1.54. The van der Waals surface area contributed by atoms with Gasteiger partial charge >= 0.3 is 5.97 Å². The first kappa shape index (κ1) is 9.05. The van der Waals surface area contributed by atoms with Crippen molar-refractivity contribution in [2.24, 2.45) is 7.05 Å². The highest BCUT2D eigenvalue weighted by molar-refractivity contribution is 9.10. The first-order valence-corrected chi connectivity index (χ1v) is 3.93. The van der Waals surface area contributed by atoms with E-state index in [4.69, 9.17) is 9.84 Å². The standard InChI is InChI=1S/C6H7BrN2O3/c1-9-5(2-4(7)8-9)12-3-6(10)11/h2H,3H2,1H3,(H,10,11). The van der Waals surface area contributed by atoms with Gasteiger partial charge in [0.1, 0.15) is 4.60 Å². The Hall–Kier alpha value is -1.04. The van der Waals surface area contributed by atoms with Gasteiger partial charge in [-0.05, 0) is 15.9 Å². The minimum atomic E-state index is -1.01. The average Bonchev–Trinajstić information content (AvgIpc) is 2.26. The van der Waals surface area contributed by atoms with Gasteiger partial charge in [0.2, 0.25) is 5.88 Å². The summed E-state index contributed by atoms with van der Waals surface area (Å²) < 4.78 is 6.96. The van der Waals surface area contributed by atoms with Crippen molar-refractivity contribution in [3.63, 3.8) is 0 Å². The number of hydrogen-bond donors (Lipinski definition) is 1. The Labute approximate surface area is 77.1 Å². The molecule has 0 saturated carbocycles. The van der Waals surface area contributed by atoms with Crippen molar-refractivity contribution in [1.29, 1.82) is 0 Å². The van der Waals surface area contributed by atoms with Gasteiger partial charge in [-0.25, -0.2) is 9.48 Å². The van der Waals surface area contributed by atoms with Crippen LogP contribution in [0.3, 0.4) is 0 Å². The molecule has 12 heavy (non-hydrogen) atoms. The Balaban J connectivity index is 2.62. The molecule has 6 heteroatoms. The number of nitrogens with zero attached hydrogens (tertiary/aromatic N) is 2. The molecule has 0 aliphatic heterocycles. The summed E-state index contributed by atoms with van der Waals surface area (Å²) in [6.07, 6.45) is 0. The summed E-state index contributed by atoms with van der Waals surface area (Å²) >= 11 is 3.13. The van der Waals surface area contributed by atoms with Crippen LogP contribution in [0.2, 0.25) is 0 Å². The lowest BCUT2D eigenvalue weighted by molar-refractivity contribution is -0.139. The lowest BCUT2D eigenvalue weighted by Gasteiger charge is -2.00. The molecule has 0 atom stereocenters. The van der Waals surface area contributed by atoms with Crippen LogP contribution < -0.4 is 4.74 Å². The molecule has 0 spiro atoms. The quantitative estimate of drug-likeness (QED) is 0.835. The second kappa shape index (κ2) is 3.57. The fraction of sp³-hybridized carbons (Fsp3) is 0.333. The van der Waals surface area contributed by atoms with Gasteiger partial charge < -0.3 is 9.84 Å². The normalized spacial score (nSPS) is 9.83. The zero-order valence-electron chi connectivity index (χ0n) is 6.32. The second-order valence-electron chi connectivity index (χ2n) is 2.11. The van der Waals surface area contributed by atoms with Gasteiger partial charge in [0.05, 0.1) is 0 Å². The topological polar surface area (TPSA) is 64.4 Å². The molecule has 1 rings (SSSR count). The molecule has 0 aliphatic rings. The Morgan fingerprint density at radius 1 is 1.92 bits per heavy atom. The highest BCUT2D eigenvalue weighted by atomic mass is 79.9. The van der Waals surface area contributed by atoms with E-state index >= 15 is 0 Å². The summed E-state index contributed by atoms with van der Waals surface area (Å²) in [7, 11) is 1.67. The van der Waals surface area contributed by atoms with Crippen LogP contribution in [0.4, 0.5) is 0 Å². The van der Waals surface area contributed by atoms with E-state index in [0.717, 1.165) is 0 Å². The summed E-state index contributed by atoms with van der Waals surface area (Å²) in [4.78, 5) is 10.1. The molecule has 0 unspecified atom stereocenters. The summed E-state index contributed by atoms with van der Waals surface area (Å²) in [5, 5.41) is 12.2. The number of carboxylic acid groups (broad SMARTS) is 1. The molecule has 0 aromatic carbocycles. The number of aryl methyl sites for hydroxylation is 1. The summed E-state index contributed by atoms with van der Waals surface area (Å²) in [6.45, 7) is -0.355. The van der Waals surface area contributed by atoms with Crippen LogP contribution in [0, 0.1) is 0 Å². The number of hydrogen-bond acceptors (Lipinski definition) is 3. The Morgan fingerprint density at radius 3 is 3.00 bits per heavy atom. The molecular weight excluding hydrogens is 228 g/mol. The number of carbonyl (C=O) groups is 1. The third kappa shape index (κ3) is 2.23. The molecule has 0 amide bonds. The molecule has 0 aliphatic carbocycles. The number of rotatable bonds is 3. The van der Waals surface area contributed by atoms with Crippen LogP contribution >= 0.6 is 15.9 Å². The first-order chi connectivity index (χ1) is 5.59. The monoisotopic (exact) mass is 234 g/mol. The highest BCUT2D eigenvalue weighted by Crippen LogP contribution is 2.15. The molecule has 1 heterocycles. The van der Waals surface area contributed by atoms with Gasteiger partial charge in [-0.1, -0.05) is 0 Å². The van der Waals surface area contributed by atoms with E-state index in [1.54, 1.807) is 13.1 Å². The van der Waals surface area contributed by atoms with Crippen LogP contribution in [-0.4, -0.2) is 27.5 Å². The average molecular weight is 235 g/mol. The Morgan fingerprint density at radius 2 is 2.58 bits per heavy atom. The van der Waals surface area contributed by atoms with Crippen molar-refractivity contribution < 1.29 is 14.6 Å². The zero-order chi connectivity index (χ0) is 9.14. The summed E-state index contributed by atoms with van der Waals surface area (Å²) in [6, 6.07) is 1.60. The molecule has 0 fully saturated rings. The number of carboxylic acids is 1. The minimum Gasteiger partial charge on any atom is -0.479 e. The highest BCUT2D eigenvalue weighted by Gasteiger charge is 2.05. The second-order valence-corrected chi connectivity index (χ2v) is 2.92. The van der Waals surface area contributed by atoms with Gasteiger partial charge in [-0.3, -0.25) is 0 Å². The predicted octanol–water partition coefficient (Wildman–Crippen LogP) is 0.646. The largest absolute Gasteiger partial charge is 0.479 e. The van der Waals surface area contributed by atoms with E-state index < -0.39 is 5.97 Å². The zero-order valence-corrected chi connectivity index (χ0v) is 7.91. The minimum absolute atomic E-state index is 0.355. The van der Waals surface area contributed by atoms with Gasteiger partial charge in [0.25, 0.3) is 0 Å². The number of ether oxygens (including phenoxy) is 1. The van der Waals surface area contributed by atoms with Crippen molar-refractivity contribution in [3.05, 3.63) is 10.7 Å². The summed E-state index contributed by atoms with van der Waals surface area (Å²) in [5.74, 6) is -0.586. The number of aromatic nitrogens is 2. The van der Waals surface area contributed by atoms with Crippen molar-refractivity contribution in [2.75, 3.05) is 6.61 Å². The maximum absolute atomic E-state index is 10.1. The first-order valence-electron chi connectivity index (χ1n) is 3.13. The fourth-order valence-corrected chi connectivity index (χ4v) is 1.12. The van der Waals surface area contributed by atoms with Crippen LogP contribution in [0.15, 0.2) is 10.7 Å². The molecule has 1 aromatic rings. The number of aliphatic carboxylic acids is 1. The van der Waals surface area contributed by atoms with Crippen LogP contribution in [0.1, 0.15) is 0 Å². The molecule has 5 nitrogen and oxygen atoms in total. The molecule has 66 valence electrons. The van der Waals surface area contributed by atoms with Crippen LogP contribution in [0.5, 0.6) is 5.88 Å². The van der Waals surface area contributed by atoms with Crippen molar-refractivity contribution in [2.45, 2.75) is 0 Å². The van der Waals surface area contributed by atoms with E-state index in [1.165, 1.54) is 4.68 Å². The van der Waals surface area contributed by atoms with Gasteiger partial charge in [-0.2, -0.15) is 5.10 Å². The summed E-state index contributed by atoms with van der Waals surface area (Å²) in [5.41, 5.74) is 0. The molecule has 0 saturated heterocycles. The molecule has 0 bridgehead atoms. The molecule has 1 aromatic heterocycles. The SMILES string of the molecule is Cn1nc(Br)cc1OCC(=O)O. The lowest BCUT2D eigenvalue weighted by Crippen LogP contribution is -2.11. The van der Waals surface area contributed by atoms with E-state index in [9.17, 15) is 4.79 Å². The van der Waals surface area contributed by atoms with Gasteiger partial charge in [0, 0.05) is 13.1 Å². The molecule has 1 N–H and O–H groups in total. The van der Waals surface area contributed by atoms with E-state index in [1.807, 2.05) is 0 Å². The van der Waals surface area contributed by atoms with Crippen LogP contribution in [0.25, 0.3) is 0 Å². The third-order valence-electron chi connectivity index (χ3n) is 1.15. The van der Waals surface area contributed by atoms with Crippen LogP contribution in [-0.2, 0) is 11.8 Å². The Kier molecular flexibility index (Phi) is 2.69. The lowest BCUT2D eigenvalue weighted by atomic mass is 10.6. The van der Waals surface area contributed by atoms with Crippen molar-refractivity contribution in [1.82, 2.24) is 9.78 Å². The maximum atomic E-state index is 10.1. The van der Waals surface area contributed by atoms with Crippen molar-refractivity contribution in [3.8, 4) is 5.88 Å².